The highest BCUT2D eigenvalue weighted by Crippen LogP contribution is 2.17. The third kappa shape index (κ3) is 4.99. The van der Waals surface area contributed by atoms with E-state index in [0.29, 0.717) is 17.1 Å². The van der Waals surface area contributed by atoms with E-state index in [4.69, 9.17) is 0 Å². The van der Waals surface area contributed by atoms with E-state index in [1.807, 2.05) is 4.57 Å². The van der Waals surface area contributed by atoms with E-state index in [1.54, 1.807) is 7.05 Å². The molecule has 146 valence electrons. The minimum atomic E-state index is -0.429. The molecule has 0 saturated carbocycles. The molecule has 7 nitrogen and oxygen atoms in total. The Labute approximate surface area is 154 Å². The number of nitrogens with one attached hydrogen (secondary N) is 2. The second kappa shape index (κ2) is 10.2. The minimum absolute atomic E-state index is 0.361. The number of anilines is 1. The molecule has 2 N–H and O–H groups in total. The van der Waals surface area contributed by atoms with Gasteiger partial charge < -0.3 is 9.88 Å². The number of imidazole rings is 1. The summed E-state index contributed by atoms with van der Waals surface area (Å²) in [7, 11) is 1.64. The van der Waals surface area contributed by atoms with E-state index >= 15 is 0 Å². The summed E-state index contributed by atoms with van der Waals surface area (Å²) in [6, 6.07) is 0. The van der Waals surface area contributed by atoms with Crippen LogP contribution in [0.2, 0.25) is 0 Å². The van der Waals surface area contributed by atoms with Crippen molar-refractivity contribution in [2.24, 2.45) is 7.05 Å². The Balaban J connectivity index is 2.08. The number of rotatable bonds is 12. The van der Waals surface area contributed by atoms with Crippen molar-refractivity contribution in [3.05, 3.63) is 20.8 Å². The van der Waals surface area contributed by atoms with Crippen LogP contribution < -0.4 is 16.6 Å². The molecular formula is C19H33N5O2. The Morgan fingerprint density at radius 1 is 0.962 bits per heavy atom. The van der Waals surface area contributed by atoms with Gasteiger partial charge in [0.2, 0.25) is 5.95 Å². The Kier molecular flexibility index (Phi) is 7.94. The molecule has 2 rings (SSSR count). The Morgan fingerprint density at radius 2 is 1.62 bits per heavy atom. The number of nitrogens with zero attached hydrogens (tertiary/aromatic N) is 3. The van der Waals surface area contributed by atoms with Gasteiger partial charge >= 0.3 is 5.69 Å². The van der Waals surface area contributed by atoms with Crippen molar-refractivity contribution in [2.75, 3.05) is 11.9 Å². The van der Waals surface area contributed by atoms with Crippen molar-refractivity contribution in [2.45, 2.75) is 78.2 Å². The van der Waals surface area contributed by atoms with Crippen molar-refractivity contribution in [3.8, 4) is 0 Å². The lowest BCUT2D eigenvalue weighted by molar-refractivity contribution is 0.549. The average Bonchev–Trinajstić information content (AvgIpc) is 2.99. The molecule has 26 heavy (non-hydrogen) atoms. The number of hydrogen-bond donors (Lipinski definition) is 2. The van der Waals surface area contributed by atoms with Crippen LogP contribution >= 0.6 is 0 Å². The largest absolute Gasteiger partial charge is 0.356 e. The minimum Gasteiger partial charge on any atom is -0.356 e. The van der Waals surface area contributed by atoms with Crippen molar-refractivity contribution in [1.29, 1.82) is 0 Å². The van der Waals surface area contributed by atoms with E-state index in [1.165, 1.54) is 43.1 Å². The summed E-state index contributed by atoms with van der Waals surface area (Å²) in [6.45, 7) is 5.84. The lowest BCUT2D eigenvalue weighted by Gasteiger charge is -2.10. The molecule has 7 heteroatoms. The van der Waals surface area contributed by atoms with Gasteiger partial charge in [0.15, 0.2) is 11.2 Å². The van der Waals surface area contributed by atoms with Gasteiger partial charge in [0.05, 0.1) is 0 Å². The van der Waals surface area contributed by atoms with Crippen LogP contribution in [-0.2, 0) is 13.6 Å². The standard InChI is InChI=1S/C19H33N5O2/c1-4-6-7-8-9-10-11-12-14-24-15-16(21-18(24)20-13-5-2)23(3)19(26)22-17(15)25/h4-14H2,1-3H3,(H,20,21)(H,22,25,26). The zero-order valence-corrected chi connectivity index (χ0v) is 16.4. The van der Waals surface area contributed by atoms with Gasteiger partial charge in [-0.1, -0.05) is 58.8 Å². The number of fused-ring (bicyclic) bond motifs is 1. The fraction of sp³-hybridized carbons (Fsp3) is 0.737. The molecule has 0 radical (unpaired) electrons. The predicted octanol–water partition coefficient (Wildman–Crippen LogP) is 3.39. The predicted molar refractivity (Wildman–Crippen MR) is 107 cm³/mol. The Bertz CT molecular complexity index is 803. The van der Waals surface area contributed by atoms with Crippen LogP contribution in [0.15, 0.2) is 9.59 Å². The van der Waals surface area contributed by atoms with Crippen LogP contribution in [0.25, 0.3) is 11.2 Å². The first-order valence-electron chi connectivity index (χ1n) is 10.0. The van der Waals surface area contributed by atoms with Crippen LogP contribution in [0.4, 0.5) is 5.95 Å². The smallest absolute Gasteiger partial charge is 0.329 e. The number of H-pyrrole nitrogens is 1. The Morgan fingerprint density at radius 3 is 2.27 bits per heavy atom. The normalized spacial score (nSPS) is 11.3. The van der Waals surface area contributed by atoms with Gasteiger partial charge in [0.25, 0.3) is 5.56 Å². The lowest BCUT2D eigenvalue weighted by Crippen LogP contribution is -2.29. The van der Waals surface area contributed by atoms with E-state index in [9.17, 15) is 9.59 Å². The number of aromatic nitrogens is 4. The molecule has 0 atom stereocenters. The molecule has 2 aromatic rings. The molecular weight excluding hydrogens is 330 g/mol. The molecule has 0 amide bonds. The fourth-order valence-corrected chi connectivity index (χ4v) is 3.23. The van der Waals surface area contributed by atoms with Crippen LogP contribution in [-0.4, -0.2) is 25.6 Å². The van der Waals surface area contributed by atoms with E-state index in [2.05, 4.69) is 29.1 Å². The molecule has 0 fully saturated rings. The van der Waals surface area contributed by atoms with Crippen molar-refractivity contribution in [1.82, 2.24) is 19.1 Å². The summed E-state index contributed by atoms with van der Waals surface area (Å²) < 4.78 is 3.33. The summed E-state index contributed by atoms with van der Waals surface area (Å²) in [5.41, 5.74) is 0.131. The van der Waals surface area contributed by atoms with Gasteiger partial charge in [0.1, 0.15) is 0 Å². The molecule has 0 unspecified atom stereocenters. The number of hydrogen-bond acceptors (Lipinski definition) is 4. The van der Waals surface area contributed by atoms with Gasteiger partial charge in [-0.05, 0) is 12.8 Å². The molecule has 0 aliphatic heterocycles. The van der Waals surface area contributed by atoms with Crippen molar-refractivity contribution in [3.63, 3.8) is 0 Å². The van der Waals surface area contributed by atoms with Crippen LogP contribution in [0.1, 0.15) is 71.6 Å². The summed E-state index contributed by atoms with van der Waals surface area (Å²) >= 11 is 0. The molecule has 0 aromatic carbocycles. The quantitative estimate of drug-likeness (QED) is 0.566. The maximum atomic E-state index is 12.3. The van der Waals surface area contributed by atoms with Crippen LogP contribution in [0.5, 0.6) is 0 Å². The van der Waals surface area contributed by atoms with Crippen molar-refractivity contribution >= 4 is 17.1 Å². The molecule has 0 saturated heterocycles. The topological polar surface area (TPSA) is 84.7 Å². The first-order chi connectivity index (χ1) is 12.6. The molecule has 0 aliphatic carbocycles. The van der Waals surface area contributed by atoms with Gasteiger partial charge in [0, 0.05) is 20.1 Å². The summed E-state index contributed by atoms with van der Waals surface area (Å²) in [5, 5.41) is 3.29. The van der Waals surface area contributed by atoms with E-state index in [-0.39, 0.29) is 5.56 Å². The zero-order valence-electron chi connectivity index (χ0n) is 16.4. The number of aryl methyl sites for hydroxylation is 2. The molecule has 0 spiro atoms. The highest BCUT2D eigenvalue weighted by molar-refractivity contribution is 5.74. The summed E-state index contributed by atoms with van der Waals surface area (Å²) in [6.07, 6.45) is 10.9. The summed E-state index contributed by atoms with van der Waals surface area (Å²) in [5.74, 6) is 0.677. The number of aromatic amines is 1. The second-order valence-corrected chi connectivity index (χ2v) is 6.98. The first-order valence-corrected chi connectivity index (χ1v) is 10.0. The molecule has 0 bridgehead atoms. The SMILES string of the molecule is CCCCCCCCCCn1c(NCCC)nc2c1c(=O)[nH]c(=O)n2C. The maximum absolute atomic E-state index is 12.3. The molecule has 0 aliphatic rings. The third-order valence-corrected chi connectivity index (χ3v) is 4.78. The lowest BCUT2D eigenvalue weighted by atomic mass is 10.1. The first kappa shape index (κ1) is 20.3. The molecule has 2 heterocycles. The Hall–Kier alpha value is -2.05. The third-order valence-electron chi connectivity index (χ3n) is 4.78. The monoisotopic (exact) mass is 363 g/mol. The van der Waals surface area contributed by atoms with E-state index < -0.39 is 5.69 Å². The maximum Gasteiger partial charge on any atom is 0.329 e. The highest BCUT2D eigenvalue weighted by Gasteiger charge is 2.16. The van der Waals surface area contributed by atoms with Gasteiger partial charge in [-0.3, -0.25) is 14.3 Å². The average molecular weight is 364 g/mol. The highest BCUT2D eigenvalue weighted by atomic mass is 16.2. The van der Waals surface area contributed by atoms with Gasteiger partial charge in [-0.15, -0.1) is 0 Å². The fourth-order valence-electron chi connectivity index (χ4n) is 3.23. The summed E-state index contributed by atoms with van der Waals surface area (Å²) in [4.78, 5) is 31.1. The van der Waals surface area contributed by atoms with Crippen LogP contribution in [0, 0.1) is 0 Å². The molecule has 2 aromatic heterocycles. The van der Waals surface area contributed by atoms with Crippen LogP contribution in [0.3, 0.4) is 0 Å². The van der Waals surface area contributed by atoms with Gasteiger partial charge in [-0.2, -0.15) is 4.98 Å². The van der Waals surface area contributed by atoms with Gasteiger partial charge in [-0.25, -0.2) is 4.79 Å². The second-order valence-electron chi connectivity index (χ2n) is 6.98. The zero-order chi connectivity index (χ0) is 18.9. The number of unbranched alkanes of at least 4 members (excludes halogenated alkanes) is 7. The van der Waals surface area contributed by atoms with E-state index in [0.717, 1.165) is 32.4 Å². The van der Waals surface area contributed by atoms with Crippen molar-refractivity contribution < 1.29 is 0 Å².